The Balaban J connectivity index is 0.00000364. The summed E-state index contributed by atoms with van der Waals surface area (Å²) >= 11 is 1.70. The van der Waals surface area contributed by atoms with Gasteiger partial charge in [0.05, 0.1) is 14.2 Å². The van der Waals surface area contributed by atoms with Crippen molar-refractivity contribution in [3.8, 4) is 5.75 Å². The highest BCUT2D eigenvalue weighted by Gasteiger charge is 2.13. The highest BCUT2D eigenvalue weighted by atomic mass is 127. The van der Waals surface area contributed by atoms with Crippen molar-refractivity contribution in [3.05, 3.63) is 51.7 Å². The number of benzene rings is 1. The summed E-state index contributed by atoms with van der Waals surface area (Å²) in [7, 11) is 4.62. The van der Waals surface area contributed by atoms with E-state index < -0.39 is 5.97 Å². The molecule has 0 saturated heterocycles. The molecule has 1 aromatic heterocycles. The van der Waals surface area contributed by atoms with Gasteiger partial charge in [-0.25, -0.2) is 4.79 Å². The topological polar surface area (TPSA) is 72.0 Å². The van der Waals surface area contributed by atoms with Gasteiger partial charge in [0.1, 0.15) is 11.3 Å². The number of carbonyl (C=O) groups excluding carboxylic acids is 1. The zero-order valence-corrected chi connectivity index (χ0v) is 19.1. The Morgan fingerprint density at radius 3 is 2.63 bits per heavy atom. The third-order valence-electron chi connectivity index (χ3n) is 4.04. The number of esters is 1. The number of nitrogens with one attached hydrogen (secondary N) is 2. The smallest absolute Gasteiger partial charge is 0.341 e. The first-order valence-corrected chi connectivity index (χ1v) is 9.25. The van der Waals surface area contributed by atoms with E-state index in [1.165, 1.54) is 19.8 Å². The van der Waals surface area contributed by atoms with Crippen LogP contribution in [0.2, 0.25) is 0 Å². The highest BCUT2D eigenvalue weighted by Crippen LogP contribution is 2.21. The molecule has 148 valence electrons. The van der Waals surface area contributed by atoms with Crippen molar-refractivity contribution < 1.29 is 14.3 Å². The fraction of sp³-hybridized carbons (Fsp3) is 0.368. The molecule has 0 radical (unpaired) electrons. The molecular weight excluding hydrogens is 477 g/mol. The molecule has 0 bridgehead atoms. The van der Waals surface area contributed by atoms with E-state index in [9.17, 15) is 4.79 Å². The molecule has 0 aliphatic heterocycles. The monoisotopic (exact) mass is 503 g/mol. The van der Waals surface area contributed by atoms with Gasteiger partial charge >= 0.3 is 5.97 Å². The lowest BCUT2D eigenvalue weighted by atomic mass is 10.1. The van der Waals surface area contributed by atoms with Crippen LogP contribution in [0.15, 0.2) is 40.0 Å². The number of carbonyl (C=O) groups is 1. The molecule has 0 amide bonds. The highest BCUT2D eigenvalue weighted by molar-refractivity contribution is 14.0. The van der Waals surface area contributed by atoms with Crippen molar-refractivity contribution in [2.24, 2.45) is 4.99 Å². The summed E-state index contributed by atoms with van der Waals surface area (Å²) in [6.07, 6.45) is 0. The van der Waals surface area contributed by atoms with Gasteiger partial charge in [0.15, 0.2) is 5.96 Å². The van der Waals surface area contributed by atoms with E-state index in [0.717, 1.165) is 12.1 Å². The molecule has 2 rings (SSSR count). The Kier molecular flexibility index (Phi) is 10.2. The first-order valence-electron chi connectivity index (χ1n) is 8.30. The van der Waals surface area contributed by atoms with E-state index in [2.05, 4.69) is 39.4 Å². The largest absolute Gasteiger partial charge is 0.496 e. The number of aliphatic imine (C=N–C) groups is 1. The van der Waals surface area contributed by atoms with Crippen LogP contribution in [0.5, 0.6) is 5.75 Å². The first-order chi connectivity index (χ1) is 12.6. The molecule has 6 nitrogen and oxygen atoms in total. The number of nitrogens with zero attached hydrogens (tertiary/aromatic N) is 1. The van der Waals surface area contributed by atoms with Crippen LogP contribution in [0.1, 0.15) is 34.3 Å². The maximum Gasteiger partial charge on any atom is 0.341 e. The minimum absolute atomic E-state index is 0. The minimum atomic E-state index is -0.421. The Morgan fingerprint density at radius 1 is 1.26 bits per heavy atom. The summed E-state index contributed by atoms with van der Waals surface area (Å²) in [4.78, 5) is 16.1. The number of thiophene rings is 1. The molecule has 1 atom stereocenters. The first kappa shape index (κ1) is 23.2. The lowest BCUT2D eigenvalue weighted by molar-refractivity contribution is 0.0597. The second-order valence-corrected chi connectivity index (χ2v) is 6.57. The van der Waals surface area contributed by atoms with Crippen LogP contribution < -0.4 is 15.4 Å². The number of ether oxygens (including phenoxy) is 2. The number of halogens is 1. The van der Waals surface area contributed by atoms with Crippen LogP contribution in [0.25, 0.3) is 0 Å². The molecule has 27 heavy (non-hydrogen) atoms. The molecule has 1 unspecified atom stereocenters. The molecule has 2 aromatic rings. The van der Waals surface area contributed by atoms with Crippen LogP contribution in [0, 0.1) is 0 Å². The predicted octanol–water partition coefficient (Wildman–Crippen LogP) is 3.63. The number of hydrogen-bond acceptors (Lipinski definition) is 5. The van der Waals surface area contributed by atoms with Gasteiger partial charge in [0, 0.05) is 20.1 Å². The summed E-state index contributed by atoms with van der Waals surface area (Å²) in [5.41, 5.74) is 2.65. The quantitative estimate of drug-likeness (QED) is 0.262. The fourth-order valence-electron chi connectivity index (χ4n) is 2.46. The minimum Gasteiger partial charge on any atom is -0.496 e. The van der Waals surface area contributed by atoms with Gasteiger partial charge < -0.3 is 20.1 Å². The van der Waals surface area contributed by atoms with Crippen molar-refractivity contribution in [3.63, 3.8) is 0 Å². The van der Waals surface area contributed by atoms with Gasteiger partial charge in [0.2, 0.25) is 0 Å². The van der Waals surface area contributed by atoms with E-state index in [0.29, 0.717) is 29.7 Å². The van der Waals surface area contributed by atoms with Crippen LogP contribution in [-0.2, 0) is 11.3 Å². The third kappa shape index (κ3) is 6.69. The van der Waals surface area contributed by atoms with Crippen molar-refractivity contribution >= 4 is 47.2 Å². The van der Waals surface area contributed by atoms with Gasteiger partial charge in [-0.05, 0) is 46.0 Å². The predicted molar refractivity (Wildman–Crippen MR) is 121 cm³/mol. The molecule has 0 fully saturated rings. The third-order valence-corrected chi connectivity index (χ3v) is 4.74. The summed E-state index contributed by atoms with van der Waals surface area (Å²) in [6, 6.07) is 7.56. The van der Waals surface area contributed by atoms with Crippen molar-refractivity contribution in [1.82, 2.24) is 10.6 Å². The van der Waals surface area contributed by atoms with Crippen LogP contribution in [0.4, 0.5) is 0 Å². The Labute approximate surface area is 181 Å². The molecule has 0 spiro atoms. The Morgan fingerprint density at radius 2 is 2.04 bits per heavy atom. The summed E-state index contributed by atoms with van der Waals surface area (Å²) in [6.45, 7) is 3.49. The summed E-state index contributed by atoms with van der Waals surface area (Å²) < 4.78 is 10.0. The zero-order valence-electron chi connectivity index (χ0n) is 15.9. The summed E-state index contributed by atoms with van der Waals surface area (Å²) in [5, 5.41) is 10.8. The normalized spacial score (nSPS) is 11.9. The number of hydrogen-bond donors (Lipinski definition) is 2. The van der Waals surface area contributed by atoms with E-state index >= 15 is 0 Å². The van der Waals surface area contributed by atoms with Crippen molar-refractivity contribution in [2.75, 3.05) is 27.8 Å². The fourth-order valence-corrected chi connectivity index (χ4v) is 3.25. The standard InChI is InChI=1S/C19H25N3O3S.HI/c1-13(15-7-8-26-12-15)10-21-19(20-2)22-11-14-5-6-17(24-3)16(9-14)18(23)25-4;/h5-9,12-13H,10-11H2,1-4H3,(H2,20,21,22);1H. The maximum absolute atomic E-state index is 11.9. The van der Waals surface area contributed by atoms with E-state index in [4.69, 9.17) is 9.47 Å². The lowest BCUT2D eigenvalue weighted by Crippen LogP contribution is -2.38. The van der Waals surface area contributed by atoms with Crippen LogP contribution in [-0.4, -0.2) is 39.7 Å². The maximum atomic E-state index is 11.9. The van der Waals surface area contributed by atoms with Gasteiger partial charge in [-0.2, -0.15) is 11.3 Å². The molecule has 1 heterocycles. The van der Waals surface area contributed by atoms with Crippen molar-refractivity contribution in [2.45, 2.75) is 19.4 Å². The second-order valence-electron chi connectivity index (χ2n) is 5.79. The second kappa shape index (κ2) is 11.8. The van der Waals surface area contributed by atoms with Crippen LogP contribution >= 0.6 is 35.3 Å². The van der Waals surface area contributed by atoms with Gasteiger partial charge in [-0.1, -0.05) is 13.0 Å². The lowest BCUT2D eigenvalue weighted by Gasteiger charge is -2.16. The van der Waals surface area contributed by atoms with Gasteiger partial charge in [0.25, 0.3) is 0 Å². The van der Waals surface area contributed by atoms with E-state index in [-0.39, 0.29) is 24.0 Å². The molecule has 2 N–H and O–H groups in total. The number of guanidine groups is 1. The molecule has 1 aromatic carbocycles. The van der Waals surface area contributed by atoms with Crippen molar-refractivity contribution in [1.29, 1.82) is 0 Å². The summed E-state index contributed by atoms with van der Waals surface area (Å²) in [5.74, 6) is 1.18. The Hall–Kier alpha value is -1.81. The molecule has 0 aliphatic carbocycles. The molecule has 0 saturated carbocycles. The van der Waals surface area contributed by atoms with E-state index in [1.54, 1.807) is 30.5 Å². The molecule has 0 aliphatic rings. The molecule has 8 heteroatoms. The van der Waals surface area contributed by atoms with E-state index in [1.807, 2.05) is 6.07 Å². The zero-order chi connectivity index (χ0) is 18.9. The van der Waals surface area contributed by atoms with Gasteiger partial charge in [-0.3, -0.25) is 4.99 Å². The SMILES string of the molecule is CN=C(NCc1ccc(OC)c(C(=O)OC)c1)NCC(C)c1ccsc1.I. The average Bonchev–Trinajstić information content (AvgIpc) is 3.22. The van der Waals surface area contributed by atoms with Crippen LogP contribution in [0.3, 0.4) is 0 Å². The Bertz CT molecular complexity index is 751. The number of methoxy groups -OCH3 is 2. The van der Waals surface area contributed by atoms with Gasteiger partial charge in [-0.15, -0.1) is 24.0 Å². The number of rotatable bonds is 7. The molecular formula is C19H26IN3O3S. The average molecular weight is 503 g/mol.